The number of para-hydroxylation sites is 2. The van der Waals surface area contributed by atoms with E-state index in [-0.39, 0.29) is 5.75 Å². The number of nitrogens with two attached hydrogens (primary N) is 1. The van der Waals surface area contributed by atoms with Gasteiger partial charge in [-0.05, 0) is 18.2 Å². The van der Waals surface area contributed by atoms with Crippen molar-refractivity contribution < 1.29 is 52.6 Å². The van der Waals surface area contributed by atoms with Crippen molar-refractivity contribution in [3.05, 3.63) is 36.4 Å². The maximum absolute atomic E-state index is 14.0. The molecule has 10 nitrogen and oxygen atoms in total. The van der Waals surface area contributed by atoms with Crippen LogP contribution < -0.4 is 29.6 Å². The minimum absolute atomic E-state index is 0.323. The smallest absolute Gasteiger partial charge is 0.267 e. The predicted molar refractivity (Wildman–Crippen MR) is 122 cm³/mol. The van der Waals surface area contributed by atoms with E-state index in [2.05, 4.69) is 9.97 Å². The van der Waals surface area contributed by atoms with Crippen LogP contribution in [0.25, 0.3) is 10.9 Å². The number of nitrogen functional groups attached to an aromatic ring is 1. The number of rotatable bonds is 5. The third-order valence-electron chi connectivity index (χ3n) is 4.22. The van der Waals surface area contributed by atoms with Gasteiger partial charge in [0.25, 0.3) is 5.91 Å². The van der Waals surface area contributed by atoms with E-state index in [9.17, 15) is 4.79 Å². The topological polar surface area (TPSA) is 112 Å². The maximum atomic E-state index is 14.0. The van der Waals surface area contributed by atoms with Gasteiger partial charge in [-0.1, -0.05) is 12.1 Å². The molecule has 1 aromatic heterocycles. The second kappa shape index (κ2) is 8.53. The van der Waals surface area contributed by atoms with Gasteiger partial charge in [0, 0.05) is 37.4 Å². The maximum Gasteiger partial charge on any atom is 0.267 e. The summed E-state index contributed by atoms with van der Waals surface area (Å²) in [6.07, 6.45) is -3.75. The fourth-order valence-electron chi connectivity index (χ4n) is 2.72. The molecular formula is C23H25N5O5. The first-order chi connectivity index (χ1) is 24.2. The number of carbonyl (C=O) groups excluding carboxylic acids is 1. The Morgan fingerprint density at radius 2 is 1.97 bits per heavy atom. The molecule has 1 saturated heterocycles. The van der Waals surface area contributed by atoms with Crippen LogP contribution in [0.5, 0.6) is 23.0 Å². The molecule has 3 heterocycles. The standard InChI is InChI=1S/C23H25N5O5/c1-30-18-11-14-15(12-19(18)31-2)25-23(26-21(14)24)28-9-7-27(8-10-28)22(29)20-13-32-16-5-3-4-6-17(16)33-20/h3-6,11-12,20H,7-10,13H2,1-2H3,(H2,24,25,26)/i1D3,2D3,7D2,8D2,9D2,10D2,11D,12D,13D2,20D/hD2. The molecule has 2 aliphatic rings. The number of fused-ring (bicyclic) bond motifs is 2. The first-order valence-corrected chi connectivity index (χ1v) is 8.87. The number of anilines is 2. The highest BCUT2D eigenvalue weighted by atomic mass is 16.6. The molecule has 1 fully saturated rings. The Hall–Kier alpha value is -3.95. The van der Waals surface area contributed by atoms with E-state index in [1.807, 2.05) is 0 Å². The van der Waals surface area contributed by atoms with E-state index in [0.29, 0.717) is 0 Å². The van der Waals surface area contributed by atoms with Crippen molar-refractivity contribution >= 4 is 28.6 Å². The predicted octanol–water partition coefficient (Wildman–Crippen LogP) is 1.72. The van der Waals surface area contributed by atoms with Gasteiger partial charge in [0.2, 0.25) is 12.0 Å². The van der Waals surface area contributed by atoms with E-state index in [1.165, 1.54) is 18.2 Å². The van der Waals surface area contributed by atoms with E-state index in [4.69, 9.17) is 47.8 Å². The first kappa shape index (κ1) is 7.82. The molecule has 1 amide bonds. The lowest BCUT2D eigenvalue weighted by atomic mass is 10.2. The normalized spacial score (nSPS) is 37.5. The van der Waals surface area contributed by atoms with Crippen molar-refractivity contribution in [2.45, 2.75) is 6.08 Å². The summed E-state index contributed by atoms with van der Waals surface area (Å²) in [6.45, 7) is -20.1. The summed E-state index contributed by atoms with van der Waals surface area (Å²) < 4.78 is 193. The zero-order valence-corrected chi connectivity index (χ0v) is 16.1. The molecule has 0 spiro atoms. The summed E-state index contributed by atoms with van der Waals surface area (Å²) in [6, 6.07) is 2.53. The molecule has 3 aromatic rings. The molecule has 2 aromatic carbocycles. The highest BCUT2D eigenvalue weighted by molar-refractivity contribution is 5.91. The molecule has 0 radical (unpaired) electrons. The summed E-state index contributed by atoms with van der Waals surface area (Å²) >= 11 is 0. The molecule has 0 saturated carbocycles. The summed E-state index contributed by atoms with van der Waals surface area (Å²) in [5, 5.41) is -0.917. The van der Waals surface area contributed by atoms with E-state index in [0.717, 1.165) is 6.07 Å². The van der Waals surface area contributed by atoms with Crippen LogP contribution in [0.15, 0.2) is 36.4 Å². The van der Waals surface area contributed by atoms with Crippen LogP contribution >= 0.6 is 0 Å². The lowest BCUT2D eigenvalue weighted by Gasteiger charge is -2.37. The van der Waals surface area contributed by atoms with E-state index >= 15 is 0 Å². The van der Waals surface area contributed by atoms with Crippen LogP contribution in [0.2, 0.25) is 2.82 Å². The molecule has 10 heteroatoms. The fourth-order valence-corrected chi connectivity index (χ4v) is 2.72. The number of nitrogens with zero attached hydrogens (tertiary/aromatic N) is 4. The van der Waals surface area contributed by atoms with Gasteiger partial charge >= 0.3 is 0 Å². The Bertz CT molecular complexity index is 2000. The average molecular weight is 473 g/mol. The Kier molecular flexibility index (Phi) is 2.02. The number of ether oxygens (including phenoxy) is 4. The number of piperazine rings is 1. The Morgan fingerprint density at radius 3 is 2.73 bits per heavy atom. The first-order valence-electron chi connectivity index (χ1n) is 19.3. The van der Waals surface area contributed by atoms with E-state index in [1.54, 1.807) is 0 Å². The highest BCUT2D eigenvalue weighted by Gasteiger charge is 2.33. The molecule has 5 rings (SSSR count). The molecular weight excluding hydrogens is 426 g/mol. The lowest BCUT2D eigenvalue weighted by molar-refractivity contribution is -0.141. The minimum Gasteiger partial charge on any atom is -0.493 e. The van der Waals surface area contributed by atoms with Gasteiger partial charge in [0.1, 0.15) is 12.4 Å². The van der Waals surface area contributed by atoms with Crippen molar-refractivity contribution in [3.63, 3.8) is 0 Å². The zero-order chi connectivity index (χ0) is 41.2. The van der Waals surface area contributed by atoms with Gasteiger partial charge in [-0.15, -0.1) is 0 Å². The molecule has 33 heavy (non-hydrogen) atoms. The highest BCUT2D eigenvalue weighted by Crippen LogP contribution is 2.34. The van der Waals surface area contributed by atoms with Crippen LogP contribution in [-0.2, 0) is 4.79 Å². The Balaban J connectivity index is 1.77. The summed E-state index contributed by atoms with van der Waals surface area (Å²) in [4.78, 5) is 20.3. The van der Waals surface area contributed by atoms with Crippen molar-refractivity contribution in [1.29, 1.82) is 0 Å². The Labute approximate surface area is 220 Å². The number of hydrogen-bond donors (Lipinski definition) is 1. The van der Waals surface area contributed by atoms with Crippen LogP contribution in [0.1, 0.15) is 26.0 Å². The van der Waals surface area contributed by atoms with Gasteiger partial charge < -0.3 is 34.5 Å². The number of carbonyl (C=O) groups is 1. The second-order valence-electron chi connectivity index (χ2n) is 6.19. The average Bonchev–Trinajstić information content (AvgIpc) is 2.99. The number of aromatic nitrogens is 2. The molecule has 172 valence electrons. The number of amides is 1. The van der Waals surface area contributed by atoms with Crippen LogP contribution in [0, 0.1) is 0 Å². The Morgan fingerprint density at radius 1 is 1.21 bits per heavy atom. The summed E-state index contributed by atoms with van der Waals surface area (Å²) in [7, 11) is -6.87. The van der Waals surface area contributed by atoms with Crippen molar-refractivity contribution in [1.82, 2.24) is 14.9 Å². The van der Waals surface area contributed by atoms with Gasteiger partial charge in [0.05, 0.1) is 45.6 Å². The third kappa shape index (κ3) is 3.88. The number of benzene rings is 2. The van der Waals surface area contributed by atoms with Crippen molar-refractivity contribution in [2.75, 3.05) is 57.2 Å². The van der Waals surface area contributed by atoms with Crippen LogP contribution in [0.3, 0.4) is 0 Å². The SMILES string of the molecule is [2H]c1c(OC([2H])([2H])[2H])c(OC([2H])([2H])[2H])c([2H])c2c(N([2H])[2H])nc(N3C([2H])([2H])C([2H])([2H])N(C(=O)C4([2H])Oc5ccccc5OC4([2H])[2H])C([2H])([2H])C3([2H])[2H])nc12. The quantitative estimate of drug-likeness (QED) is 0.593. The van der Waals surface area contributed by atoms with Crippen LogP contribution in [0.4, 0.5) is 11.8 Å². The van der Waals surface area contributed by atoms with Gasteiger partial charge in [-0.25, -0.2) is 4.98 Å². The number of methoxy groups -OCH3 is 2. The fraction of sp³-hybridized carbons (Fsp3) is 0.348. The van der Waals surface area contributed by atoms with Gasteiger partial charge in [-0.3, -0.25) is 4.79 Å². The summed E-state index contributed by atoms with van der Waals surface area (Å²) in [5.74, 6) is -8.22. The minimum atomic E-state index is -4.17. The molecule has 0 aliphatic carbocycles. The zero-order valence-electron chi connectivity index (χ0n) is 37.1. The largest absolute Gasteiger partial charge is 0.493 e. The molecule has 2 N–H and O–H groups in total. The number of hydrogen-bond acceptors (Lipinski definition) is 9. The van der Waals surface area contributed by atoms with E-state index < -0.39 is 126 Å². The molecule has 1 atom stereocenters. The van der Waals surface area contributed by atoms with Gasteiger partial charge in [0.15, 0.2) is 25.8 Å². The second-order valence-corrected chi connectivity index (χ2v) is 6.19. The molecule has 0 bridgehead atoms. The van der Waals surface area contributed by atoms with Crippen molar-refractivity contribution in [3.8, 4) is 23.0 Å². The van der Waals surface area contributed by atoms with Gasteiger partial charge in [-0.2, -0.15) is 4.98 Å². The molecule has 1 unspecified atom stereocenters. The monoisotopic (exact) mass is 472 g/mol. The van der Waals surface area contributed by atoms with Crippen molar-refractivity contribution in [2.24, 2.45) is 0 Å². The third-order valence-corrected chi connectivity index (χ3v) is 4.22. The lowest BCUT2D eigenvalue weighted by Crippen LogP contribution is -2.54. The van der Waals surface area contributed by atoms with Crippen LogP contribution in [-0.4, -0.2) is 73.5 Å². The molecule has 2 aliphatic heterocycles. The summed E-state index contributed by atoms with van der Waals surface area (Å²) in [5.41, 5.74) is -1.47.